The smallest absolute Gasteiger partial charge is 0.163 e. The highest BCUT2D eigenvalue weighted by atomic mass is 35.5. The van der Waals surface area contributed by atoms with Crippen molar-refractivity contribution in [1.29, 1.82) is 0 Å². The van der Waals surface area contributed by atoms with Gasteiger partial charge < -0.3 is 24.0 Å². The lowest BCUT2D eigenvalue weighted by Crippen LogP contribution is -2.40. The zero-order valence-electron chi connectivity index (χ0n) is 20.1. The Morgan fingerprint density at radius 1 is 1.23 bits per heavy atom. The first-order chi connectivity index (χ1) is 16.9. The molecule has 2 fully saturated rings. The van der Waals surface area contributed by atoms with Crippen LogP contribution in [-0.4, -0.2) is 59.2 Å². The fourth-order valence-electron chi connectivity index (χ4n) is 5.10. The van der Waals surface area contributed by atoms with Crippen molar-refractivity contribution in [2.45, 2.75) is 45.1 Å². The first-order valence-electron chi connectivity index (χ1n) is 11.9. The molecule has 6 heterocycles. The van der Waals surface area contributed by atoms with Crippen molar-refractivity contribution in [2.75, 3.05) is 36.1 Å². The van der Waals surface area contributed by atoms with Crippen LogP contribution in [0.15, 0.2) is 42.9 Å². The Kier molecular flexibility index (Phi) is 5.55. The van der Waals surface area contributed by atoms with Gasteiger partial charge in [0.2, 0.25) is 0 Å². The van der Waals surface area contributed by atoms with E-state index in [2.05, 4.69) is 19.8 Å². The Morgan fingerprint density at radius 3 is 2.91 bits per heavy atom. The van der Waals surface area contributed by atoms with E-state index in [4.69, 9.17) is 30.8 Å². The van der Waals surface area contributed by atoms with Crippen LogP contribution < -0.4 is 14.5 Å². The molecule has 3 aliphatic heterocycles. The first kappa shape index (κ1) is 22.5. The van der Waals surface area contributed by atoms with Crippen LogP contribution in [0.3, 0.4) is 0 Å². The molecule has 2 saturated heterocycles. The van der Waals surface area contributed by atoms with E-state index in [9.17, 15) is 0 Å². The Hall–Kier alpha value is -2.94. The summed E-state index contributed by atoms with van der Waals surface area (Å²) in [5.74, 6) is 1.01. The Balaban J connectivity index is 1.33. The van der Waals surface area contributed by atoms with Gasteiger partial charge in [0.25, 0.3) is 0 Å². The monoisotopic (exact) mass is 493 g/mol. The molecule has 2 atom stereocenters. The summed E-state index contributed by atoms with van der Waals surface area (Å²) in [4.78, 5) is 18.5. The van der Waals surface area contributed by atoms with Crippen LogP contribution in [0, 0.1) is 6.92 Å². The minimum Gasteiger partial charge on any atom is -0.489 e. The third kappa shape index (κ3) is 4.30. The average Bonchev–Trinajstić information content (AvgIpc) is 3.42. The second kappa shape index (κ2) is 8.62. The largest absolute Gasteiger partial charge is 0.489 e. The average molecular weight is 494 g/mol. The second-order valence-corrected chi connectivity index (χ2v) is 10.2. The zero-order chi connectivity index (χ0) is 24.2. The maximum atomic E-state index is 6.74. The van der Waals surface area contributed by atoms with Gasteiger partial charge in [-0.2, -0.15) is 0 Å². The number of nitrogens with zero attached hydrogens (tertiary/aromatic N) is 5. The summed E-state index contributed by atoms with van der Waals surface area (Å²) in [7, 11) is 0. The number of hydrogen-bond donors (Lipinski definition) is 0. The fourth-order valence-corrected chi connectivity index (χ4v) is 5.36. The summed E-state index contributed by atoms with van der Waals surface area (Å²) in [5, 5.41) is 0.636. The lowest BCUT2D eigenvalue weighted by molar-refractivity contribution is -0.141. The number of hydrogen-bond acceptors (Lipinski definition) is 8. The van der Waals surface area contributed by atoms with E-state index in [1.54, 1.807) is 12.4 Å². The van der Waals surface area contributed by atoms with Gasteiger partial charge in [0.15, 0.2) is 11.6 Å². The molecule has 3 aromatic rings. The first-order valence-corrected chi connectivity index (χ1v) is 12.3. The highest BCUT2D eigenvalue weighted by Crippen LogP contribution is 2.46. The van der Waals surface area contributed by atoms with Gasteiger partial charge in [0.1, 0.15) is 18.5 Å². The molecular weight excluding hydrogens is 466 g/mol. The summed E-state index contributed by atoms with van der Waals surface area (Å²) >= 11 is 6.74. The van der Waals surface area contributed by atoms with Gasteiger partial charge in [0, 0.05) is 36.6 Å². The molecule has 3 aromatic heterocycles. The maximum absolute atomic E-state index is 6.74. The minimum absolute atomic E-state index is 0.108. The molecular formula is C26H28ClN5O3. The van der Waals surface area contributed by atoms with Crippen LogP contribution in [0.2, 0.25) is 5.02 Å². The standard InChI is InChI=1S/C26H28ClN5O3/c1-16-8-17(4-6-29-16)24-22(27)10-23-25(30-24)32(18-5-7-31(23)13-18)19-9-20(12-28-11-19)33-14-21-15-34-26(2,3)35-21/h4,6,8-12,18,21H,5,7,13-15H2,1-3H3/t18-,21+/m0/s1. The number of aromatic nitrogens is 3. The van der Waals surface area contributed by atoms with E-state index in [0.717, 1.165) is 53.7 Å². The molecule has 182 valence electrons. The molecule has 0 aliphatic carbocycles. The molecule has 2 bridgehead atoms. The lowest BCUT2D eigenvalue weighted by atomic mass is 10.1. The van der Waals surface area contributed by atoms with Crippen molar-refractivity contribution in [3.05, 3.63) is 53.6 Å². The van der Waals surface area contributed by atoms with Gasteiger partial charge in [-0.1, -0.05) is 11.6 Å². The van der Waals surface area contributed by atoms with Crippen molar-refractivity contribution in [1.82, 2.24) is 15.0 Å². The molecule has 8 nitrogen and oxygen atoms in total. The van der Waals surface area contributed by atoms with E-state index in [1.165, 1.54) is 0 Å². The van der Waals surface area contributed by atoms with Crippen molar-refractivity contribution < 1.29 is 14.2 Å². The molecule has 0 radical (unpaired) electrons. The van der Waals surface area contributed by atoms with Crippen LogP contribution in [0.1, 0.15) is 26.0 Å². The van der Waals surface area contributed by atoms with Gasteiger partial charge >= 0.3 is 0 Å². The summed E-state index contributed by atoms with van der Waals surface area (Å²) in [5.41, 5.74) is 4.63. The predicted molar refractivity (Wildman–Crippen MR) is 135 cm³/mol. The number of fused-ring (bicyclic) bond motifs is 4. The van der Waals surface area contributed by atoms with Crippen molar-refractivity contribution in [3.63, 3.8) is 0 Å². The van der Waals surface area contributed by atoms with Crippen LogP contribution in [0.4, 0.5) is 17.2 Å². The van der Waals surface area contributed by atoms with Crippen molar-refractivity contribution in [3.8, 4) is 17.0 Å². The summed E-state index contributed by atoms with van der Waals surface area (Å²) in [6.07, 6.45) is 6.32. The van der Waals surface area contributed by atoms with Gasteiger partial charge in [-0.15, -0.1) is 0 Å². The number of rotatable bonds is 5. The number of halogens is 1. The normalized spacial score (nSPS) is 22.4. The second-order valence-electron chi connectivity index (χ2n) is 9.75. The van der Waals surface area contributed by atoms with Crippen LogP contribution in [-0.2, 0) is 9.47 Å². The maximum Gasteiger partial charge on any atom is 0.163 e. The highest BCUT2D eigenvalue weighted by Gasteiger charge is 2.39. The predicted octanol–water partition coefficient (Wildman–Crippen LogP) is 4.76. The van der Waals surface area contributed by atoms with Gasteiger partial charge in [0.05, 0.1) is 47.1 Å². The summed E-state index contributed by atoms with van der Waals surface area (Å²) in [6, 6.07) is 8.32. The van der Waals surface area contributed by atoms with Crippen molar-refractivity contribution >= 4 is 28.8 Å². The molecule has 0 aromatic carbocycles. The van der Waals surface area contributed by atoms with E-state index in [0.29, 0.717) is 30.0 Å². The quantitative estimate of drug-likeness (QED) is 0.503. The molecule has 3 aliphatic rings. The molecule has 0 saturated carbocycles. The van der Waals surface area contributed by atoms with Gasteiger partial charge in [-0.05, 0) is 45.4 Å². The van der Waals surface area contributed by atoms with E-state index >= 15 is 0 Å². The fraction of sp³-hybridized carbons (Fsp3) is 0.423. The number of pyridine rings is 3. The molecule has 0 unspecified atom stereocenters. The molecule has 0 N–H and O–H groups in total. The van der Waals surface area contributed by atoms with Crippen molar-refractivity contribution in [2.24, 2.45) is 0 Å². The molecule has 35 heavy (non-hydrogen) atoms. The van der Waals surface area contributed by atoms with E-state index in [-0.39, 0.29) is 6.10 Å². The number of aryl methyl sites for hydroxylation is 1. The minimum atomic E-state index is -0.571. The third-order valence-electron chi connectivity index (χ3n) is 6.68. The summed E-state index contributed by atoms with van der Waals surface area (Å²) in [6.45, 7) is 8.60. The Bertz CT molecular complexity index is 1270. The summed E-state index contributed by atoms with van der Waals surface area (Å²) < 4.78 is 17.6. The Morgan fingerprint density at radius 2 is 2.11 bits per heavy atom. The van der Waals surface area contributed by atoms with Crippen LogP contribution in [0.25, 0.3) is 11.3 Å². The number of anilines is 3. The molecule has 6 rings (SSSR count). The highest BCUT2D eigenvalue weighted by molar-refractivity contribution is 6.33. The SMILES string of the molecule is Cc1cc(-c2nc3c(cc2Cl)N2CC[C@@H](C2)N3c2cncc(OC[C@@H]3COC(C)(C)O3)c2)ccn1. The van der Waals surface area contributed by atoms with Gasteiger partial charge in [-0.3, -0.25) is 9.97 Å². The molecule has 0 amide bonds. The Labute approximate surface area is 209 Å². The van der Waals surface area contributed by atoms with Crippen LogP contribution >= 0.6 is 11.6 Å². The van der Waals surface area contributed by atoms with Gasteiger partial charge in [-0.25, -0.2) is 4.98 Å². The molecule has 9 heteroatoms. The molecule has 0 spiro atoms. The topological polar surface area (TPSA) is 72.8 Å². The zero-order valence-corrected chi connectivity index (χ0v) is 20.8. The number of ether oxygens (including phenoxy) is 3. The third-order valence-corrected chi connectivity index (χ3v) is 6.97. The van der Waals surface area contributed by atoms with E-state index < -0.39 is 5.79 Å². The van der Waals surface area contributed by atoms with E-state index in [1.807, 2.05) is 51.2 Å². The van der Waals surface area contributed by atoms with Crippen LogP contribution in [0.5, 0.6) is 5.75 Å². The lowest BCUT2D eigenvalue weighted by Gasteiger charge is -2.37.